The van der Waals surface area contributed by atoms with E-state index in [4.69, 9.17) is 16.3 Å². The molecule has 4 rings (SSSR count). The van der Waals surface area contributed by atoms with Gasteiger partial charge in [0.1, 0.15) is 5.75 Å². The average molecular weight is 372 g/mol. The summed E-state index contributed by atoms with van der Waals surface area (Å²) in [6.45, 7) is 3.35. The van der Waals surface area contributed by atoms with E-state index in [2.05, 4.69) is 36.1 Å². The van der Waals surface area contributed by atoms with Crippen molar-refractivity contribution >= 4 is 29.1 Å². The molecule has 5 nitrogen and oxygen atoms in total. The fraction of sp³-hybridized carbons (Fsp3) is 0.350. The molecule has 2 atom stereocenters. The molecule has 1 saturated heterocycles. The Morgan fingerprint density at radius 1 is 1.27 bits per heavy atom. The van der Waals surface area contributed by atoms with Crippen LogP contribution in [-0.2, 0) is 5.41 Å². The van der Waals surface area contributed by atoms with Gasteiger partial charge in [-0.05, 0) is 49.4 Å². The summed E-state index contributed by atoms with van der Waals surface area (Å²) in [5, 5.41) is 3.16. The van der Waals surface area contributed by atoms with Crippen molar-refractivity contribution in [2.75, 3.05) is 30.9 Å². The van der Waals surface area contributed by atoms with Crippen LogP contribution < -0.4 is 15.0 Å². The van der Waals surface area contributed by atoms with Crippen molar-refractivity contribution in [1.29, 1.82) is 0 Å². The van der Waals surface area contributed by atoms with Crippen molar-refractivity contribution in [3.63, 3.8) is 0 Å². The summed E-state index contributed by atoms with van der Waals surface area (Å²) in [6, 6.07) is 12.9. The summed E-state index contributed by atoms with van der Waals surface area (Å²) in [7, 11) is 4.29. The highest BCUT2D eigenvalue weighted by Gasteiger charge is 2.52. The van der Waals surface area contributed by atoms with Gasteiger partial charge in [0.05, 0.1) is 16.9 Å². The van der Waals surface area contributed by atoms with Crippen LogP contribution in [0.4, 0.5) is 16.2 Å². The number of carbonyl (C=O) groups is 1. The second-order valence-electron chi connectivity index (χ2n) is 7.31. The number of likely N-dealkylation sites (tertiary alicyclic amines) is 1. The van der Waals surface area contributed by atoms with Gasteiger partial charge in [-0.15, -0.1) is 0 Å². The fourth-order valence-electron chi connectivity index (χ4n) is 4.42. The molecule has 26 heavy (non-hydrogen) atoms. The van der Waals surface area contributed by atoms with E-state index < -0.39 is 6.09 Å². The molecule has 0 radical (unpaired) electrons. The number of benzene rings is 2. The van der Waals surface area contributed by atoms with Crippen molar-refractivity contribution in [3.8, 4) is 5.75 Å². The van der Waals surface area contributed by atoms with Gasteiger partial charge in [0.25, 0.3) is 0 Å². The number of hydrogen-bond donors (Lipinski definition) is 1. The number of likely N-dealkylation sites (N-methyl/N-ethyl adjacent to an activating group) is 2. The molecule has 136 valence electrons. The summed E-state index contributed by atoms with van der Waals surface area (Å²) in [5.41, 5.74) is 3.00. The van der Waals surface area contributed by atoms with E-state index in [0.29, 0.717) is 22.6 Å². The molecule has 6 heteroatoms. The van der Waals surface area contributed by atoms with Crippen molar-refractivity contribution in [1.82, 2.24) is 4.90 Å². The van der Waals surface area contributed by atoms with Gasteiger partial charge >= 0.3 is 6.09 Å². The van der Waals surface area contributed by atoms with Crippen molar-refractivity contribution in [2.24, 2.45) is 0 Å². The Labute approximate surface area is 158 Å². The highest BCUT2D eigenvalue weighted by Crippen LogP contribution is 2.51. The van der Waals surface area contributed by atoms with E-state index in [1.54, 1.807) is 12.1 Å². The summed E-state index contributed by atoms with van der Waals surface area (Å²) in [6.07, 6.45) is 0.875. The van der Waals surface area contributed by atoms with Crippen LogP contribution in [0.1, 0.15) is 18.9 Å². The smallest absolute Gasteiger partial charge is 0.410 e. The largest absolute Gasteiger partial charge is 0.417 e. The number of carbonyl (C=O) groups excluding carboxylic acids is 1. The van der Waals surface area contributed by atoms with E-state index >= 15 is 0 Å². The Morgan fingerprint density at radius 3 is 2.81 bits per heavy atom. The van der Waals surface area contributed by atoms with E-state index in [0.717, 1.165) is 13.0 Å². The molecule has 2 aliphatic rings. The van der Waals surface area contributed by atoms with E-state index in [-0.39, 0.29) is 5.41 Å². The van der Waals surface area contributed by atoms with Crippen LogP contribution >= 0.6 is 11.6 Å². The van der Waals surface area contributed by atoms with Gasteiger partial charge in [-0.3, -0.25) is 10.2 Å². The molecular weight excluding hydrogens is 350 g/mol. The minimum atomic E-state index is -0.547. The maximum absolute atomic E-state index is 12.2. The van der Waals surface area contributed by atoms with Gasteiger partial charge in [0.15, 0.2) is 0 Å². The number of ether oxygens (including phenoxy) is 1. The van der Waals surface area contributed by atoms with Gasteiger partial charge in [0, 0.05) is 24.7 Å². The molecule has 0 aromatic heterocycles. The molecule has 2 aromatic rings. The Kier molecular flexibility index (Phi) is 4.09. The number of nitrogens with zero attached hydrogens (tertiary/aromatic N) is 2. The Bertz CT molecular complexity index is 872. The molecule has 0 bridgehead atoms. The molecule has 0 saturated carbocycles. The summed E-state index contributed by atoms with van der Waals surface area (Å²) < 4.78 is 5.51. The highest BCUT2D eigenvalue weighted by atomic mass is 35.5. The van der Waals surface area contributed by atoms with E-state index in [1.807, 2.05) is 30.3 Å². The van der Waals surface area contributed by atoms with Gasteiger partial charge < -0.3 is 9.64 Å². The number of amides is 1. The SMILES string of the molecule is CN1CC[C@@]2(C)c3cc(OC(=O)Nc4ccccc4Cl)ccc3N(C)C12. The number of anilines is 2. The van der Waals surface area contributed by atoms with Crippen LogP contribution in [0.25, 0.3) is 0 Å². The molecule has 1 fully saturated rings. The second-order valence-corrected chi connectivity index (χ2v) is 7.71. The molecule has 2 aromatic carbocycles. The predicted octanol–water partition coefficient (Wildman–Crippen LogP) is 4.32. The molecule has 1 unspecified atom stereocenters. The third-order valence-corrected chi connectivity index (χ3v) is 5.95. The maximum atomic E-state index is 12.2. The second kappa shape index (κ2) is 6.18. The van der Waals surface area contributed by atoms with Crippen LogP contribution in [0.5, 0.6) is 5.75 Å². The molecule has 0 spiro atoms. The molecule has 2 aliphatic heterocycles. The van der Waals surface area contributed by atoms with Crippen molar-refractivity contribution in [3.05, 3.63) is 53.1 Å². The molecule has 0 aliphatic carbocycles. The number of fused-ring (bicyclic) bond motifs is 3. The first-order valence-electron chi connectivity index (χ1n) is 8.71. The summed E-state index contributed by atoms with van der Waals surface area (Å²) in [5.74, 6) is 0.540. The van der Waals surface area contributed by atoms with Crippen LogP contribution in [-0.4, -0.2) is 37.8 Å². The lowest BCUT2D eigenvalue weighted by Gasteiger charge is -2.32. The van der Waals surface area contributed by atoms with E-state index in [9.17, 15) is 4.79 Å². The molecular formula is C20H22ClN3O2. The van der Waals surface area contributed by atoms with Gasteiger partial charge in [-0.2, -0.15) is 0 Å². The van der Waals surface area contributed by atoms with Gasteiger partial charge in [0.2, 0.25) is 0 Å². The molecule has 1 N–H and O–H groups in total. The third-order valence-electron chi connectivity index (χ3n) is 5.62. The Hall–Kier alpha value is -2.24. The minimum Gasteiger partial charge on any atom is -0.410 e. The molecule has 1 amide bonds. The van der Waals surface area contributed by atoms with Crippen LogP contribution in [0.2, 0.25) is 5.02 Å². The van der Waals surface area contributed by atoms with Crippen LogP contribution in [0.15, 0.2) is 42.5 Å². The zero-order valence-electron chi connectivity index (χ0n) is 15.1. The number of nitrogens with one attached hydrogen (secondary N) is 1. The topological polar surface area (TPSA) is 44.8 Å². The normalized spacial score (nSPS) is 24.3. The fourth-order valence-corrected chi connectivity index (χ4v) is 4.61. The number of halogens is 1. The number of rotatable bonds is 2. The van der Waals surface area contributed by atoms with E-state index in [1.165, 1.54) is 11.3 Å². The lowest BCUT2D eigenvalue weighted by atomic mass is 9.81. The molecule has 2 heterocycles. The van der Waals surface area contributed by atoms with Crippen molar-refractivity contribution in [2.45, 2.75) is 24.9 Å². The van der Waals surface area contributed by atoms with Crippen LogP contribution in [0, 0.1) is 0 Å². The lowest BCUT2D eigenvalue weighted by molar-refractivity contribution is 0.215. The lowest BCUT2D eigenvalue weighted by Crippen LogP contribution is -2.45. The zero-order valence-corrected chi connectivity index (χ0v) is 15.9. The quantitative estimate of drug-likeness (QED) is 0.853. The minimum absolute atomic E-state index is 0.0391. The maximum Gasteiger partial charge on any atom is 0.417 e. The van der Waals surface area contributed by atoms with Crippen LogP contribution in [0.3, 0.4) is 0 Å². The summed E-state index contributed by atoms with van der Waals surface area (Å²) >= 11 is 6.08. The highest BCUT2D eigenvalue weighted by molar-refractivity contribution is 6.33. The van der Waals surface area contributed by atoms with Crippen molar-refractivity contribution < 1.29 is 9.53 Å². The zero-order chi connectivity index (χ0) is 18.5. The van der Waals surface area contributed by atoms with Gasteiger partial charge in [-0.25, -0.2) is 4.79 Å². The third kappa shape index (κ3) is 2.63. The first-order valence-corrected chi connectivity index (χ1v) is 9.09. The van der Waals surface area contributed by atoms with Gasteiger partial charge in [-0.1, -0.05) is 30.7 Å². The monoisotopic (exact) mass is 371 g/mol. The first kappa shape index (κ1) is 17.2. The summed E-state index contributed by atoms with van der Waals surface area (Å²) in [4.78, 5) is 16.9. The number of hydrogen-bond acceptors (Lipinski definition) is 4. The Morgan fingerprint density at radius 2 is 2.04 bits per heavy atom. The standard InChI is InChI=1S/C20H22ClN3O2/c1-20-10-11-23(2)18(20)24(3)17-9-8-13(12-14(17)20)26-19(25)22-16-7-5-4-6-15(16)21/h4-9,12,18H,10-11H2,1-3H3,(H,22,25)/t18?,20-/m0/s1. The predicted molar refractivity (Wildman–Crippen MR) is 104 cm³/mol. The number of para-hydroxylation sites is 1. The average Bonchev–Trinajstić information content (AvgIpc) is 3.03. The Balaban J connectivity index is 1.56. The first-order chi connectivity index (χ1) is 12.4.